The maximum absolute atomic E-state index is 14.7. The van der Waals surface area contributed by atoms with Crippen LogP contribution in [0.2, 0.25) is 0 Å². The Morgan fingerprint density at radius 2 is 1.70 bits per heavy atom. The van der Waals surface area contributed by atoms with Gasteiger partial charge in [-0.2, -0.15) is 0 Å². The van der Waals surface area contributed by atoms with E-state index in [1.165, 1.54) is 18.6 Å². The van der Waals surface area contributed by atoms with Crippen LogP contribution in [0.4, 0.5) is 0 Å². The summed E-state index contributed by atoms with van der Waals surface area (Å²) in [4.78, 5) is 40.8. The molecule has 0 aromatic heterocycles. The molecule has 1 saturated heterocycles. The number of carbonyl (C=O) groups is 3. The fourth-order valence-corrected chi connectivity index (χ4v) is 8.17. The van der Waals surface area contributed by atoms with Crippen molar-refractivity contribution in [2.24, 2.45) is 11.8 Å². The van der Waals surface area contributed by atoms with Crippen molar-refractivity contribution in [1.82, 2.24) is 0 Å². The summed E-state index contributed by atoms with van der Waals surface area (Å²) in [6.45, 7) is 15.4. The number of phenols is 1. The molecule has 3 heterocycles. The number of aliphatic carboxylic acids is 1. The van der Waals surface area contributed by atoms with E-state index in [4.69, 9.17) is 14.2 Å². The van der Waals surface area contributed by atoms with Crippen LogP contribution in [0.3, 0.4) is 0 Å². The van der Waals surface area contributed by atoms with Gasteiger partial charge >= 0.3 is 5.97 Å². The number of carbonyl (C=O) groups excluding carboxylic acids is 2. The number of hydrogen-bond donors (Lipinski definition) is 2. The lowest BCUT2D eigenvalue weighted by Gasteiger charge is -2.56. The molecule has 244 valence electrons. The Labute approximate surface area is 270 Å². The number of ketones is 2. The Bertz CT molecular complexity index is 1730. The molecule has 46 heavy (non-hydrogen) atoms. The van der Waals surface area contributed by atoms with Gasteiger partial charge in [0.05, 0.1) is 11.2 Å². The molecular weight excluding hydrogens is 584 g/mol. The van der Waals surface area contributed by atoms with Gasteiger partial charge in [-0.15, -0.1) is 0 Å². The monoisotopic (exact) mass is 628 g/mol. The lowest BCUT2D eigenvalue weighted by Crippen LogP contribution is -2.72. The quantitative estimate of drug-likeness (QED) is 0.228. The Kier molecular flexibility index (Phi) is 7.36. The number of fused-ring (bicyclic) bond motifs is 2. The van der Waals surface area contributed by atoms with Gasteiger partial charge in [0.15, 0.2) is 22.8 Å². The molecule has 0 amide bonds. The maximum Gasteiger partial charge on any atom is 0.330 e. The van der Waals surface area contributed by atoms with Crippen LogP contribution in [0, 0.1) is 11.8 Å². The maximum atomic E-state index is 14.7. The highest BCUT2D eigenvalue weighted by Crippen LogP contribution is 2.68. The summed E-state index contributed by atoms with van der Waals surface area (Å²) in [5, 5.41) is 21.4. The molecule has 8 nitrogen and oxygen atoms in total. The van der Waals surface area contributed by atoms with Crippen LogP contribution >= 0.6 is 0 Å². The predicted octanol–water partition coefficient (Wildman–Crippen LogP) is 7.24. The van der Waals surface area contributed by atoms with E-state index in [1.807, 2.05) is 52.8 Å². The Balaban J connectivity index is 1.59. The molecule has 7 rings (SSSR count). The second kappa shape index (κ2) is 10.6. The molecule has 5 atom stereocenters. The van der Waals surface area contributed by atoms with Crippen LogP contribution < -0.4 is 9.47 Å². The number of allylic oxidation sites excluding steroid dienone is 5. The molecule has 4 bridgehead atoms. The number of hydrogen-bond acceptors (Lipinski definition) is 7. The SMILES string of the molecule is CC(C)=CCC[C@]1(C)C=Cc2c(O)c3c(c(CC=C(C)C)c2O1)O[C@]12C(=CC4CC1C(C)(C)O[C@@]2(CC=C(C)C(=O)O)C4=O)C3=O. The topological polar surface area (TPSA) is 119 Å². The van der Waals surface area contributed by atoms with Gasteiger partial charge in [0.25, 0.3) is 0 Å². The van der Waals surface area contributed by atoms with Gasteiger partial charge < -0.3 is 24.4 Å². The molecule has 6 aliphatic rings. The van der Waals surface area contributed by atoms with Crippen molar-refractivity contribution >= 4 is 23.6 Å². The van der Waals surface area contributed by atoms with Crippen molar-refractivity contribution in [1.29, 1.82) is 0 Å². The van der Waals surface area contributed by atoms with E-state index in [0.29, 0.717) is 41.7 Å². The van der Waals surface area contributed by atoms with Crippen LogP contribution in [-0.2, 0) is 20.7 Å². The van der Waals surface area contributed by atoms with Gasteiger partial charge in [-0.05, 0) is 93.2 Å². The average Bonchev–Trinajstić information content (AvgIpc) is 3.12. The molecule has 2 N–H and O–H groups in total. The Morgan fingerprint density at radius 3 is 2.35 bits per heavy atom. The van der Waals surface area contributed by atoms with Crippen molar-refractivity contribution in [2.75, 3.05) is 0 Å². The minimum atomic E-state index is -1.63. The summed E-state index contributed by atoms with van der Waals surface area (Å²) in [7, 11) is 0. The van der Waals surface area contributed by atoms with E-state index in [2.05, 4.69) is 19.9 Å². The molecule has 1 aromatic carbocycles. The first kappa shape index (κ1) is 32.0. The third-order valence-corrected chi connectivity index (χ3v) is 10.5. The minimum Gasteiger partial charge on any atom is -0.506 e. The summed E-state index contributed by atoms with van der Waals surface area (Å²) in [5.41, 5.74) is -0.952. The van der Waals surface area contributed by atoms with E-state index < -0.39 is 40.1 Å². The van der Waals surface area contributed by atoms with Crippen molar-refractivity contribution < 1.29 is 38.8 Å². The number of aromatic hydroxyl groups is 1. The summed E-state index contributed by atoms with van der Waals surface area (Å²) in [6.07, 6.45) is 13.4. The zero-order valence-electron chi connectivity index (χ0n) is 28.0. The smallest absolute Gasteiger partial charge is 0.330 e. The Morgan fingerprint density at radius 1 is 1.00 bits per heavy atom. The van der Waals surface area contributed by atoms with Crippen LogP contribution in [0.1, 0.15) is 103 Å². The molecule has 1 aromatic rings. The van der Waals surface area contributed by atoms with Gasteiger partial charge in [-0.25, -0.2) is 4.79 Å². The van der Waals surface area contributed by atoms with Gasteiger partial charge in [0.2, 0.25) is 0 Å². The number of carboxylic acid groups (broad SMARTS) is 1. The predicted molar refractivity (Wildman–Crippen MR) is 174 cm³/mol. The molecule has 3 aliphatic carbocycles. The van der Waals surface area contributed by atoms with E-state index in [1.54, 1.807) is 6.08 Å². The van der Waals surface area contributed by atoms with E-state index >= 15 is 0 Å². The fourth-order valence-electron chi connectivity index (χ4n) is 8.17. The van der Waals surface area contributed by atoms with Gasteiger partial charge in [0.1, 0.15) is 28.4 Å². The number of Topliss-reactive ketones (excluding diaryl/α,β-unsaturated/α-hetero) is 2. The summed E-state index contributed by atoms with van der Waals surface area (Å²) in [6, 6.07) is 0. The van der Waals surface area contributed by atoms with E-state index in [9.17, 15) is 24.6 Å². The highest BCUT2D eigenvalue weighted by Gasteiger charge is 2.81. The lowest BCUT2D eigenvalue weighted by molar-refractivity contribution is -0.171. The van der Waals surface area contributed by atoms with Crippen molar-refractivity contribution in [2.45, 2.75) is 110 Å². The molecule has 2 fully saturated rings. The van der Waals surface area contributed by atoms with Crippen molar-refractivity contribution in [3.8, 4) is 17.2 Å². The van der Waals surface area contributed by atoms with Gasteiger partial charge in [-0.3, -0.25) is 9.59 Å². The van der Waals surface area contributed by atoms with E-state index in [-0.39, 0.29) is 40.8 Å². The number of carboxylic acids is 1. The second-order valence-corrected chi connectivity index (χ2v) is 14.8. The third kappa shape index (κ3) is 4.47. The number of phenolic OH excluding ortho intramolecular Hbond substituents is 1. The highest BCUT2D eigenvalue weighted by atomic mass is 16.6. The molecule has 1 spiro atoms. The third-order valence-electron chi connectivity index (χ3n) is 10.5. The minimum absolute atomic E-state index is 0.0544. The summed E-state index contributed by atoms with van der Waals surface area (Å²) >= 11 is 0. The summed E-state index contributed by atoms with van der Waals surface area (Å²) < 4.78 is 20.6. The van der Waals surface area contributed by atoms with Crippen LogP contribution in [0.5, 0.6) is 17.2 Å². The van der Waals surface area contributed by atoms with Gasteiger partial charge in [-0.1, -0.05) is 35.5 Å². The molecular formula is C38H44O8. The zero-order valence-corrected chi connectivity index (χ0v) is 28.0. The Hall–Kier alpha value is -3.91. The number of rotatable bonds is 8. The lowest BCUT2D eigenvalue weighted by atomic mass is 9.51. The second-order valence-electron chi connectivity index (χ2n) is 14.8. The molecule has 2 unspecified atom stereocenters. The first-order chi connectivity index (χ1) is 21.5. The molecule has 0 radical (unpaired) electrons. The van der Waals surface area contributed by atoms with Crippen molar-refractivity contribution in [3.63, 3.8) is 0 Å². The normalized spacial score (nSPS) is 31.2. The van der Waals surface area contributed by atoms with Crippen LogP contribution in [0.15, 0.2) is 52.7 Å². The van der Waals surface area contributed by atoms with Gasteiger partial charge in [0, 0.05) is 35.0 Å². The average molecular weight is 629 g/mol. The number of benzene rings is 1. The van der Waals surface area contributed by atoms with E-state index in [0.717, 1.165) is 12.0 Å². The largest absolute Gasteiger partial charge is 0.506 e. The molecule has 1 saturated carbocycles. The zero-order chi connectivity index (χ0) is 33.6. The van der Waals surface area contributed by atoms with Crippen LogP contribution in [0.25, 0.3) is 6.08 Å². The first-order valence-corrected chi connectivity index (χ1v) is 16.2. The van der Waals surface area contributed by atoms with Crippen LogP contribution in [-0.4, -0.2) is 50.2 Å². The first-order valence-electron chi connectivity index (χ1n) is 16.2. The van der Waals surface area contributed by atoms with Crippen molar-refractivity contribution in [3.05, 3.63) is 69.4 Å². The molecule has 3 aliphatic heterocycles. The highest BCUT2D eigenvalue weighted by molar-refractivity contribution is 6.19. The molecule has 8 heteroatoms. The number of ether oxygens (including phenoxy) is 3. The fraction of sp³-hybridized carbons (Fsp3) is 0.500. The standard InChI is InChI=1S/C38H44O8/c1-20(2)10-9-15-36(8)16-14-24-29(39)28-30(40)26-18-23-19-27-35(6,7)46-37(33(23)41,17-13-22(5)34(42)43)38(26,27)45-32(28)25(31(24)44-36)12-11-21(3)4/h10-11,13-14,16,18,23,27,39H,9,12,15,17,19H2,1-8H3,(H,42,43)/t23?,27?,36-,37+,38-/m1/s1. The summed E-state index contributed by atoms with van der Waals surface area (Å²) in [5.74, 6) is -2.28.